The van der Waals surface area contributed by atoms with E-state index in [0.717, 1.165) is 62.8 Å². The van der Waals surface area contributed by atoms with Crippen LogP contribution in [0.1, 0.15) is 36.7 Å². The summed E-state index contributed by atoms with van der Waals surface area (Å²) in [6.45, 7) is 6.32. The Hall–Kier alpha value is -3.00. The van der Waals surface area contributed by atoms with Gasteiger partial charge in [0.15, 0.2) is 11.6 Å². The lowest BCUT2D eigenvalue weighted by atomic mass is 9.99. The summed E-state index contributed by atoms with van der Waals surface area (Å²) in [7, 11) is 2.04. The van der Waals surface area contributed by atoms with E-state index < -0.39 is 11.6 Å². The van der Waals surface area contributed by atoms with Gasteiger partial charge in [0.25, 0.3) is 0 Å². The molecular weight excluding hydrogens is 424 g/mol. The fourth-order valence-corrected chi connectivity index (χ4v) is 4.55. The molecule has 1 aromatic carbocycles. The van der Waals surface area contributed by atoms with Crippen molar-refractivity contribution in [3.8, 4) is 11.6 Å². The molecule has 0 aliphatic carbocycles. The Labute approximate surface area is 192 Å². The molecule has 0 radical (unpaired) electrons. The van der Waals surface area contributed by atoms with Crippen LogP contribution < -0.4 is 9.64 Å². The first-order chi connectivity index (χ1) is 16.0. The Morgan fingerprint density at radius 1 is 1.09 bits per heavy atom. The lowest BCUT2D eigenvalue weighted by molar-refractivity contribution is 0.233. The number of hydrogen-bond donors (Lipinski definition) is 0. The minimum absolute atomic E-state index is 0.0323. The zero-order valence-corrected chi connectivity index (χ0v) is 19.1. The van der Waals surface area contributed by atoms with Crippen molar-refractivity contribution in [1.82, 2.24) is 19.4 Å². The van der Waals surface area contributed by atoms with E-state index >= 15 is 0 Å². The second kappa shape index (κ2) is 9.09. The first-order valence-corrected chi connectivity index (χ1v) is 11.6. The molecule has 2 aromatic heterocycles. The fourth-order valence-electron chi connectivity index (χ4n) is 4.55. The van der Waals surface area contributed by atoms with Crippen LogP contribution in [0.25, 0.3) is 0 Å². The number of nitrogens with zero attached hydrogens (tertiary/aromatic N) is 5. The highest BCUT2D eigenvalue weighted by Gasteiger charge is 2.27. The molecule has 2 aliphatic heterocycles. The van der Waals surface area contributed by atoms with E-state index in [2.05, 4.69) is 27.4 Å². The summed E-state index contributed by atoms with van der Waals surface area (Å²) >= 11 is 0. The number of aromatic nitrogens is 3. The molecule has 3 aromatic rings. The van der Waals surface area contributed by atoms with Crippen LogP contribution in [0.4, 0.5) is 14.7 Å². The van der Waals surface area contributed by atoms with E-state index in [4.69, 9.17) is 14.7 Å². The van der Waals surface area contributed by atoms with Gasteiger partial charge in [-0.05, 0) is 43.0 Å². The third-order valence-corrected chi connectivity index (χ3v) is 6.69. The van der Waals surface area contributed by atoms with Crippen molar-refractivity contribution in [2.45, 2.75) is 39.3 Å². The summed E-state index contributed by atoms with van der Waals surface area (Å²) in [5.41, 5.74) is 3.03. The molecule has 0 saturated carbocycles. The van der Waals surface area contributed by atoms with Crippen molar-refractivity contribution in [1.29, 1.82) is 0 Å². The van der Waals surface area contributed by atoms with Gasteiger partial charge in [-0.15, -0.1) is 0 Å². The van der Waals surface area contributed by atoms with Crippen LogP contribution in [0.2, 0.25) is 0 Å². The van der Waals surface area contributed by atoms with E-state index in [-0.39, 0.29) is 5.75 Å². The Balaban J connectivity index is 1.47. The van der Waals surface area contributed by atoms with Gasteiger partial charge < -0.3 is 14.2 Å². The number of fused-ring (bicyclic) bond motifs is 1. The van der Waals surface area contributed by atoms with Gasteiger partial charge in [0.05, 0.1) is 11.3 Å². The SMILES string of the molecule is CC1CCN(c2nc3c(c(Oc4ccc(F)cc4F)n2)CN(Cc2cccn2C)CC3)CC1. The molecule has 0 bridgehead atoms. The molecule has 0 atom stereocenters. The first-order valence-electron chi connectivity index (χ1n) is 11.6. The summed E-state index contributed by atoms with van der Waals surface area (Å²) in [6.07, 6.45) is 4.98. The van der Waals surface area contributed by atoms with Crippen LogP contribution in [-0.2, 0) is 26.6 Å². The van der Waals surface area contributed by atoms with Crippen molar-refractivity contribution in [2.24, 2.45) is 13.0 Å². The van der Waals surface area contributed by atoms with E-state index in [0.29, 0.717) is 24.3 Å². The highest BCUT2D eigenvalue weighted by Crippen LogP contribution is 2.34. The maximum Gasteiger partial charge on any atom is 0.229 e. The van der Waals surface area contributed by atoms with Crippen molar-refractivity contribution in [3.63, 3.8) is 0 Å². The van der Waals surface area contributed by atoms with Crippen molar-refractivity contribution in [3.05, 3.63) is 65.1 Å². The summed E-state index contributed by atoms with van der Waals surface area (Å²) < 4.78 is 35.9. The average Bonchev–Trinajstić information content (AvgIpc) is 3.20. The molecule has 0 N–H and O–H groups in total. The predicted octanol–water partition coefficient (Wildman–Crippen LogP) is 4.68. The van der Waals surface area contributed by atoms with Crippen LogP contribution >= 0.6 is 0 Å². The highest BCUT2D eigenvalue weighted by atomic mass is 19.1. The van der Waals surface area contributed by atoms with Gasteiger partial charge in [-0.25, -0.2) is 13.8 Å². The monoisotopic (exact) mass is 453 g/mol. The van der Waals surface area contributed by atoms with Crippen molar-refractivity contribution >= 4 is 5.95 Å². The van der Waals surface area contributed by atoms with Gasteiger partial charge in [-0.3, -0.25) is 4.90 Å². The number of hydrogen-bond acceptors (Lipinski definition) is 5. The van der Waals surface area contributed by atoms with Gasteiger partial charge in [0, 0.05) is 64.1 Å². The minimum atomic E-state index is -0.743. The number of ether oxygens (including phenoxy) is 1. The van der Waals surface area contributed by atoms with Crippen molar-refractivity contribution < 1.29 is 13.5 Å². The molecule has 1 saturated heterocycles. The standard InChI is InChI=1S/C25H29F2N5O/c1-17-7-12-32(13-8-17)25-28-22-9-11-31(15-19-4-3-10-30(19)2)16-20(22)24(29-25)33-23-6-5-18(26)14-21(23)27/h3-6,10,14,17H,7-9,11-13,15-16H2,1-2H3. The Morgan fingerprint density at radius 2 is 1.91 bits per heavy atom. The van der Waals surface area contributed by atoms with Gasteiger partial charge in [-0.2, -0.15) is 4.98 Å². The predicted molar refractivity (Wildman–Crippen MR) is 122 cm³/mol. The molecule has 0 spiro atoms. The van der Waals surface area contributed by atoms with E-state index in [1.165, 1.54) is 17.8 Å². The van der Waals surface area contributed by atoms with Crippen LogP contribution in [0.15, 0.2) is 36.5 Å². The maximum atomic E-state index is 14.4. The second-order valence-corrected chi connectivity index (χ2v) is 9.17. The smallest absolute Gasteiger partial charge is 0.229 e. The number of piperidine rings is 1. The molecule has 174 valence electrons. The normalized spacial score (nSPS) is 17.3. The molecule has 0 amide bonds. The summed E-state index contributed by atoms with van der Waals surface area (Å²) in [5.74, 6) is 0.266. The molecular formula is C25H29F2N5O. The van der Waals surface area contributed by atoms with Crippen LogP contribution in [0.3, 0.4) is 0 Å². The van der Waals surface area contributed by atoms with Crippen LogP contribution in [0, 0.1) is 17.6 Å². The van der Waals surface area contributed by atoms with Gasteiger partial charge >= 0.3 is 0 Å². The average molecular weight is 454 g/mol. The summed E-state index contributed by atoms with van der Waals surface area (Å²) in [5, 5.41) is 0. The fraction of sp³-hybridized carbons (Fsp3) is 0.440. The zero-order valence-electron chi connectivity index (χ0n) is 19.1. The number of benzene rings is 1. The molecule has 4 heterocycles. The second-order valence-electron chi connectivity index (χ2n) is 9.17. The van der Waals surface area contributed by atoms with E-state index in [9.17, 15) is 8.78 Å². The molecule has 0 unspecified atom stereocenters. The number of aryl methyl sites for hydroxylation is 1. The Kier molecular flexibility index (Phi) is 6.01. The Bertz CT molecular complexity index is 1140. The van der Waals surface area contributed by atoms with Crippen molar-refractivity contribution in [2.75, 3.05) is 24.5 Å². The van der Waals surface area contributed by atoms with Crippen LogP contribution in [-0.4, -0.2) is 39.1 Å². The molecule has 5 rings (SSSR count). The minimum Gasteiger partial charge on any atom is -0.435 e. The van der Waals surface area contributed by atoms with Gasteiger partial charge in [0.2, 0.25) is 11.8 Å². The molecule has 6 nitrogen and oxygen atoms in total. The third-order valence-electron chi connectivity index (χ3n) is 6.69. The van der Waals surface area contributed by atoms with Gasteiger partial charge in [0.1, 0.15) is 5.82 Å². The summed E-state index contributed by atoms with van der Waals surface area (Å²) in [4.78, 5) is 14.1. The molecule has 33 heavy (non-hydrogen) atoms. The maximum absolute atomic E-state index is 14.4. The topological polar surface area (TPSA) is 46.4 Å². The largest absolute Gasteiger partial charge is 0.435 e. The third kappa shape index (κ3) is 4.71. The van der Waals surface area contributed by atoms with Crippen LogP contribution in [0.5, 0.6) is 11.6 Å². The Morgan fingerprint density at radius 3 is 2.64 bits per heavy atom. The molecule has 2 aliphatic rings. The van der Waals surface area contributed by atoms with Gasteiger partial charge in [-0.1, -0.05) is 6.92 Å². The zero-order chi connectivity index (χ0) is 22.9. The molecule has 1 fully saturated rings. The van der Waals surface area contributed by atoms with E-state index in [1.807, 2.05) is 19.3 Å². The first kappa shape index (κ1) is 21.8. The summed E-state index contributed by atoms with van der Waals surface area (Å²) in [6, 6.07) is 7.48. The number of anilines is 1. The number of halogens is 2. The van der Waals surface area contributed by atoms with E-state index in [1.54, 1.807) is 0 Å². The lowest BCUT2D eigenvalue weighted by Gasteiger charge is -2.33. The lowest BCUT2D eigenvalue weighted by Crippen LogP contribution is -2.36. The molecule has 8 heteroatoms. The number of rotatable bonds is 5. The highest BCUT2D eigenvalue weighted by molar-refractivity contribution is 5.44. The quantitative estimate of drug-likeness (QED) is 0.561.